The van der Waals surface area contributed by atoms with Gasteiger partial charge in [0.1, 0.15) is 0 Å². The number of anilines is 2. The van der Waals surface area contributed by atoms with Crippen molar-refractivity contribution in [3.05, 3.63) is 59.7 Å². The molecule has 122 valence electrons. The Morgan fingerprint density at radius 1 is 0.833 bits per heavy atom. The van der Waals surface area contributed by atoms with Gasteiger partial charge in [-0.25, -0.2) is 0 Å². The Hall–Kier alpha value is -2.62. The van der Waals surface area contributed by atoms with Crippen LogP contribution in [-0.2, 0) is 11.3 Å². The third kappa shape index (κ3) is 2.58. The van der Waals surface area contributed by atoms with Crippen LogP contribution in [0.4, 0.5) is 11.4 Å². The Labute approximate surface area is 141 Å². The highest BCUT2D eigenvalue weighted by Gasteiger charge is 2.35. The zero-order valence-electron chi connectivity index (χ0n) is 13.6. The molecule has 0 unspecified atom stereocenters. The van der Waals surface area contributed by atoms with E-state index in [1.807, 2.05) is 12.1 Å². The third-order valence-corrected chi connectivity index (χ3v) is 4.88. The maximum absolute atomic E-state index is 12.2. The van der Waals surface area contributed by atoms with E-state index < -0.39 is 11.7 Å². The van der Waals surface area contributed by atoms with E-state index in [0.29, 0.717) is 17.8 Å². The van der Waals surface area contributed by atoms with Crippen molar-refractivity contribution in [3.8, 4) is 0 Å². The van der Waals surface area contributed by atoms with Gasteiger partial charge in [-0.1, -0.05) is 24.3 Å². The smallest absolute Gasteiger partial charge is 0.299 e. The SMILES string of the molecule is O=C1C(=O)N(Cc2ccc(N3CCCCC3)cc2)c2ccccc21. The van der Waals surface area contributed by atoms with Crippen LogP contribution in [0.15, 0.2) is 48.5 Å². The average Bonchev–Trinajstić information content (AvgIpc) is 2.88. The summed E-state index contributed by atoms with van der Waals surface area (Å²) in [4.78, 5) is 28.3. The van der Waals surface area contributed by atoms with Crippen molar-refractivity contribution >= 4 is 23.1 Å². The van der Waals surface area contributed by atoms with Crippen molar-refractivity contribution in [1.82, 2.24) is 0 Å². The summed E-state index contributed by atoms with van der Waals surface area (Å²) in [6, 6.07) is 15.6. The van der Waals surface area contributed by atoms with Crippen molar-refractivity contribution in [1.29, 1.82) is 0 Å². The summed E-state index contributed by atoms with van der Waals surface area (Å²) in [7, 11) is 0. The van der Waals surface area contributed by atoms with Gasteiger partial charge in [0, 0.05) is 18.8 Å². The van der Waals surface area contributed by atoms with Crippen molar-refractivity contribution in [3.63, 3.8) is 0 Å². The predicted octanol–water partition coefficient (Wildman–Crippen LogP) is 3.41. The van der Waals surface area contributed by atoms with E-state index in [9.17, 15) is 9.59 Å². The van der Waals surface area contributed by atoms with Gasteiger partial charge in [-0.2, -0.15) is 0 Å². The fourth-order valence-electron chi connectivity index (χ4n) is 3.55. The van der Waals surface area contributed by atoms with E-state index in [0.717, 1.165) is 18.7 Å². The van der Waals surface area contributed by atoms with E-state index in [1.165, 1.54) is 24.9 Å². The molecule has 2 aliphatic heterocycles. The summed E-state index contributed by atoms with van der Waals surface area (Å²) in [5, 5.41) is 0. The fourth-order valence-corrected chi connectivity index (χ4v) is 3.55. The molecule has 4 heteroatoms. The van der Waals surface area contributed by atoms with E-state index in [-0.39, 0.29) is 0 Å². The number of fused-ring (bicyclic) bond motifs is 1. The van der Waals surface area contributed by atoms with Crippen LogP contribution in [0.1, 0.15) is 35.2 Å². The van der Waals surface area contributed by atoms with Crippen LogP contribution in [0, 0.1) is 0 Å². The van der Waals surface area contributed by atoms with Crippen molar-refractivity contribution in [2.45, 2.75) is 25.8 Å². The van der Waals surface area contributed by atoms with Gasteiger partial charge >= 0.3 is 0 Å². The quantitative estimate of drug-likeness (QED) is 0.814. The minimum absolute atomic E-state index is 0.407. The molecule has 0 atom stereocenters. The lowest BCUT2D eigenvalue weighted by Gasteiger charge is -2.29. The number of nitrogens with zero attached hydrogens (tertiary/aromatic N) is 2. The fraction of sp³-hybridized carbons (Fsp3) is 0.300. The highest BCUT2D eigenvalue weighted by atomic mass is 16.2. The molecule has 1 saturated heterocycles. The number of carbonyl (C=O) groups excluding carboxylic acids is 2. The average molecular weight is 320 g/mol. The maximum Gasteiger partial charge on any atom is 0.299 e. The van der Waals surface area contributed by atoms with Gasteiger partial charge in [-0.05, 0) is 49.1 Å². The van der Waals surface area contributed by atoms with E-state index in [4.69, 9.17) is 0 Å². The second-order valence-corrected chi connectivity index (χ2v) is 6.45. The number of amides is 1. The lowest BCUT2D eigenvalue weighted by molar-refractivity contribution is -0.114. The molecule has 0 aromatic heterocycles. The molecule has 2 aromatic rings. The zero-order chi connectivity index (χ0) is 16.5. The Bertz CT molecular complexity index is 776. The molecule has 0 N–H and O–H groups in total. The predicted molar refractivity (Wildman–Crippen MR) is 94.5 cm³/mol. The minimum atomic E-state index is -0.434. The molecule has 0 saturated carbocycles. The Kier molecular flexibility index (Phi) is 3.81. The number of rotatable bonds is 3. The summed E-state index contributed by atoms with van der Waals surface area (Å²) in [5.74, 6) is -0.841. The molecule has 0 aliphatic carbocycles. The third-order valence-electron chi connectivity index (χ3n) is 4.88. The van der Waals surface area contributed by atoms with Gasteiger partial charge in [0.15, 0.2) is 0 Å². The van der Waals surface area contributed by atoms with E-state index >= 15 is 0 Å². The molecule has 2 aliphatic rings. The van der Waals surface area contributed by atoms with Gasteiger partial charge < -0.3 is 9.80 Å². The van der Waals surface area contributed by atoms with Crippen LogP contribution < -0.4 is 9.80 Å². The molecule has 0 radical (unpaired) electrons. The second kappa shape index (κ2) is 6.11. The van der Waals surface area contributed by atoms with E-state index in [1.54, 1.807) is 17.0 Å². The summed E-state index contributed by atoms with van der Waals surface area (Å²) in [6.45, 7) is 2.67. The molecule has 4 rings (SSSR count). The number of piperidine rings is 1. The molecule has 2 aromatic carbocycles. The van der Waals surface area contributed by atoms with Crippen LogP contribution >= 0.6 is 0 Å². The first-order valence-corrected chi connectivity index (χ1v) is 8.53. The lowest BCUT2D eigenvalue weighted by atomic mass is 10.1. The van der Waals surface area contributed by atoms with E-state index in [2.05, 4.69) is 29.2 Å². The van der Waals surface area contributed by atoms with Crippen LogP contribution in [0.25, 0.3) is 0 Å². The summed E-state index contributed by atoms with van der Waals surface area (Å²) in [6.07, 6.45) is 3.82. The number of hydrogen-bond donors (Lipinski definition) is 0. The zero-order valence-corrected chi connectivity index (χ0v) is 13.6. The van der Waals surface area contributed by atoms with Crippen molar-refractivity contribution in [2.75, 3.05) is 22.9 Å². The molecule has 1 fully saturated rings. The molecule has 4 nitrogen and oxygen atoms in total. The molecule has 24 heavy (non-hydrogen) atoms. The van der Waals surface area contributed by atoms with Crippen molar-refractivity contribution in [2.24, 2.45) is 0 Å². The Morgan fingerprint density at radius 3 is 2.29 bits per heavy atom. The lowest BCUT2D eigenvalue weighted by Crippen LogP contribution is -2.30. The summed E-state index contributed by atoms with van der Waals surface area (Å²) < 4.78 is 0. The van der Waals surface area contributed by atoms with Crippen LogP contribution in [0.5, 0.6) is 0 Å². The van der Waals surface area contributed by atoms with Gasteiger partial charge in [0.05, 0.1) is 17.8 Å². The molecule has 2 heterocycles. The topological polar surface area (TPSA) is 40.6 Å². The first-order chi connectivity index (χ1) is 11.7. The molecule has 1 amide bonds. The Morgan fingerprint density at radius 2 is 1.54 bits per heavy atom. The van der Waals surface area contributed by atoms with Crippen LogP contribution in [0.2, 0.25) is 0 Å². The number of carbonyl (C=O) groups is 2. The molecule has 0 bridgehead atoms. The normalized spacial score (nSPS) is 17.3. The van der Waals surface area contributed by atoms with Gasteiger partial charge in [0.2, 0.25) is 0 Å². The number of para-hydroxylation sites is 1. The number of ketones is 1. The molecule has 0 spiro atoms. The van der Waals surface area contributed by atoms with Crippen LogP contribution in [-0.4, -0.2) is 24.8 Å². The maximum atomic E-state index is 12.2. The first kappa shape index (κ1) is 14.9. The monoisotopic (exact) mass is 320 g/mol. The number of benzene rings is 2. The molecular formula is C20H20N2O2. The summed E-state index contributed by atoms with van der Waals surface area (Å²) in [5.41, 5.74) is 3.50. The largest absolute Gasteiger partial charge is 0.372 e. The van der Waals surface area contributed by atoms with Gasteiger partial charge in [-0.15, -0.1) is 0 Å². The Balaban J connectivity index is 1.53. The number of hydrogen-bond acceptors (Lipinski definition) is 3. The highest BCUT2D eigenvalue weighted by Crippen LogP contribution is 2.30. The van der Waals surface area contributed by atoms with Crippen LogP contribution in [0.3, 0.4) is 0 Å². The first-order valence-electron chi connectivity index (χ1n) is 8.53. The highest BCUT2D eigenvalue weighted by molar-refractivity contribution is 6.52. The van der Waals surface area contributed by atoms with Gasteiger partial charge in [-0.3, -0.25) is 9.59 Å². The minimum Gasteiger partial charge on any atom is -0.372 e. The molecular weight excluding hydrogens is 300 g/mol. The second-order valence-electron chi connectivity index (χ2n) is 6.45. The summed E-state index contributed by atoms with van der Waals surface area (Å²) >= 11 is 0. The van der Waals surface area contributed by atoms with Gasteiger partial charge in [0.25, 0.3) is 11.7 Å². The standard InChI is InChI=1S/C20H20N2O2/c23-19-17-6-2-3-7-18(17)22(20(19)24)14-15-8-10-16(11-9-15)21-12-4-1-5-13-21/h2-3,6-11H,1,4-5,12-14H2. The van der Waals surface area contributed by atoms with Crippen molar-refractivity contribution < 1.29 is 9.59 Å². The number of Topliss-reactive ketones (excluding diaryl/α,β-unsaturated/α-hetero) is 1.